The minimum atomic E-state index is -0.734. The summed E-state index contributed by atoms with van der Waals surface area (Å²) in [7, 11) is 0. The number of esters is 1. The van der Waals surface area contributed by atoms with Crippen molar-refractivity contribution >= 4 is 45.3 Å². The molecular formula is C17H14BrNO4S. The molecule has 2 aromatic carbocycles. The normalized spacial score (nSPS) is 13.3. The van der Waals surface area contributed by atoms with Gasteiger partial charge in [-0.25, -0.2) is 4.79 Å². The molecule has 1 aliphatic heterocycles. The molecule has 124 valence electrons. The number of fused-ring (bicyclic) bond motifs is 1. The van der Waals surface area contributed by atoms with E-state index in [1.54, 1.807) is 22.7 Å². The van der Waals surface area contributed by atoms with Crippen molar-refractivity contribution in [3.05, 3.63) is 52.5 Å². The summed E-state index contributed by atoms with van der Waals surface area (Å²) in [5, 5.41) is 9.73. The van der Waals surface area contributed by atoms with E-state index >= 15 is 0 Å². The van der Waals surface area contributed by atoms with Crippen molar-refractivity contribution in [1.82, 2.24) is 0 Å². The van der Waals surface area contributed by atoms with Crippen LogP contribution in [0.4, 0.5) is 5.69 Å². The van der Waals surface area contributed by atoms with Crippen LogP contribution in [0.5, 0.6) is 5.75 Å². The third-order valence-corrected chi connectivity index (χ3v) is 5.07. The zero-order chi connectivity index (χ0) is 17.1. The number of phenols is 1. The highest BCUT2D eigenvalue weighted by molar-refractivity contribution is 9.10. The fourth-order valence-corrected chi connectivity index (χ4v) is 3.74. The molecule has 1 N–H and O–H groups in total. The van der Waals surface area contributed by atoms with E-state index < -0.39 is 5.97 Å². The van der Waals surface area contributed by atoms with Gasteiger partial charge in [0.25, 0.3) is 5.91 Å². The van der Waals surface area contributed by atoms with E-state index in [-0.39, 0.29) is 23.8 Å². The maximum Gasteiger partial charge on any atom is 0.342 e. The van der Waals surface area contributed by atoms with Crippen LogP contribution in [0.2, 0.25) is 0 Å². The Hall–Kier alpha value is -1.99. The maximum absolute atomic E-state index is 12.4. The Kier molecular flexibility index (Phi) is 5.11. The molecule has 0 saturated heterocycles. The largest absolute Gasteiger partial charge is 0.507 e. The Labute approximate surface area is 151 Å². The highest BCUT2D eigenvalue weighted by Gasteiger charge is 2.24. The van der Waals surface area contributed by atoms with Crippen LogP contribution >= 0.6 is 27.7 Å². The number of para-hydroxylation sites is 1. The predicted molar refractivity (Wildman–Crippen MR) is 95.6 cm³/mol. The Morgan fingerprint density at radius 3 is 2.88 bits per heavy atom. The molecule has 0 bridgehead atoms. The number of carbonyl (C=O) groups excluding carboxylic acids is 2. The van der Waals surface area contributed by atoms with Gasteiger partial charge in [-0.1, -0.05) is 28.1 Å². The Balaban J connectivity index is 1.68. The summed E-state index contributed by atoms with van der Waals surface area (Å²) in [4.78, 5) is 27.1. The van der Waals surface area contributed by atoms with Crippen LogP contribution < -0.4 is 4.90 Å². The summed E-state index contributed by atoms with van der Waals surface area (Å²) >= 11 is 4.92. The van der Waals surface area contributed by atoms with Crippen molar-refractivity contribution in [1.29, 1.82) is 0 Å². The van der Waals surface area contributed by atoms with Crippen LogP contribution in [0.25, 0.3) is 0 Å². The van der Waals surface area contributed by atoms with Crippen molar-refractivity contribution in [2.45, 2.75) is 4.90 Å². The zero-order valence-corrected chi connectivity index (χ0v) is 15.0. The first kappa shape index (κ1) is 16.9. The molecule has 0 aromatic heterocycles. The Morgan fingerprint density at radius 2 is 2.04 bits per heavy atom. The van der Waals surface area contributed by atoms with Crippen molar-refractivity contribution in [3.8, 4) is 5.75 Å². The second kappa shape index (κ2) is 7.27. The summed E-state index contributed by atoms with van der Waals surface area (Å²) in [6.45, 7) is 0.198. The van der Waals surface area contributed by atoms with E-state index in [1.165, 1.54) is 12.1 Å². The fraction of sp³-hybridized carbons (Fsp3) is 0.176. The van der Waals surface area contributed by atoms with Gasteiger partial charge >= 0.3 is 5.97 Å². The molecule has 0 spiro atoms. The molecule has 1 amide bonds. The summed E-state index contributed by atoms with van der Waals surface area (Å²) < 4.78 is 5.72. The highest BCUT2D eigenvalue weighted by Crippen LogP contribution is 2.34. The molecule has 24 heavy (non-hydrogen) atoms. The molecule has 1 aliphatic rings. The van der Waals surface area contributed by atoms with Gasteiger partial charge in [-0.3, -0.25) is 4.79 Å². The number of aromatic hydroxyl groups is 1. The minimum Gasteiger partial charge on any atom is -0.507 e. The maximum atomic E-state index is 12.4. The third kappa shape index (κ3) is 3.57. The van der Waals surface area contributed by atoms with E-state index in [0.29, 0.717) is 11.0 Å². The molecule has 3 rings (SSSR count). The number of ether oxygens (including phenoxy) is 1. The fourth-order valence-electron chi connectivity index (χ4n) is 2.38. The van der Waals surface area contributed by atoms with Crippen LogP contribution in [-0.2, 0) is 9.53 Å². The lowest BCUT2D eigenvalue weighted by Crippen LogP contribution is -2.38. The average Bonchev–Trinajstić information content (AvgIpc) is 2.61. The molecule has 5 nitrogen and oxygen atoms in total. The number of carbonyl (C=O) groups is 2. The van der Waals surface area contributed by atoms with Gasteiger partial charge in [0.2, 0.25) is 0 Å². The van der Waals surface area contributed by atoms with Gasteiger partial charge in [0.15, 0.2) is 6.61 Å². The lowest BCUT2D eigenvalue weighted by Gasteiger charge is -2.28. The summed E-state index contributed by atoms with van der Waals surface area (Å²) in [5.41, 5.74) is 0.854. The topological polar surface area (TPSA) is 66.8 Å². The molecule has 0 fully saturated rings. The second-order valence-corrected chi connectivity index (χ2v) is 7.15. The number of hydrogen-bond donors (Lipinski definition) is 1. The van der Waals surface area contributed by atoms with Crippen molar-refractivity contribution in [3.63, 3.8) is 0 Å². The lowest BCUT2D eigenvalue weighted by molar-refractivity contribution is -0.121. The SMILES string of the molecule is O=C(OCC(=O)N1CCSc2ccccc21)c1cc(Br)ccc1O. The quantitative estimate of drug-likeness (QED) is 0.789. The van der Waals surface area contributed by atoms with E-state index in [1.807, 2.05) is 24.3 Å². The van der Waals surface area contributed by atoms with Gasteiger partial charge < -0.3 is 14.7 Å². The standard InChI is InChI=1S/C17H14BrNO4S/c18-11-5-6-14(20)12(9-11)17(22)23-10-16(21)19-7-8-24-15-4-2-1-3-13(15)19/h1-6,9,20H,7-8,10H2. The smallest absolute Gasteiger partial charge is 0.342 e. The number of anilines is 1. The van der Waals surface area contributed by atoms with Crippen LogP contribution in [-0.4, -0.2) is 35.9 Å². The van der Waals surface area contributed by atoms with E-state index in [2.05, 4.69) is 15.9 Å². The Morgan fingerprint density at radius 1 is 1.25 bits per heavy atom. The first-order valence-electron chi connectivity index (χ1n) is 7.24. The Bertz CT molecular complexity index is 796. The number of amides is 1. The lowest BCUT2D eigenvalue weighted by atomic mass is 10.2. The first-order valence-corrected chi connectivity index (χ1v) is 9.02. The predicted octanol–water partition coefficient (Wildman–Crippen LogP) is 3.45. The van der Waals surface area contributed by atoms with Crippen LogP contribution in [0.15, 0.2) is 51.8 Å². The molecule has 0 unspecified atom stereocenters. The number of halogens is 1. The molecule has 2 aromatic rings. The summed E-state index contributed by atoms with van der Waals surface area (Å²) in [6.07, 6.45) is 0. The van der Waals surface area contributed by atoms with Crippen molar-refractivity contribution in [2.75, 3.05) is 23.8 Å². The molecule has 7 heteroatoms. The van der Waals surface area contributed by atoms with Gasteiger partial charge in [0.1, 0.15) is 11.3 Å². The van der Waals surface area contributed by atoms with Gasteiger partial charge in [-0.15, -0.1) is 11.8 Å². The molecule has 0 aliphatic carbocycles. The number of benzene rings is 2. The number of rotatable bonds is 3. The van der Waals surface area contributed by atoms with Crippen LogP contribution in [0, 0.1) is 0 Å². The zero-order valence-electron chi connectivity index (χ0n) is 12.6. The van der Waals surface area contributed by atoms with Gasteiger partial charge in [-0.05, 0) is 30.3 Å². The van der Waals surface area contributed by atoms with Gasteiger partial charge in [0, 0.05) is 21.7 Å². The minimum absolute atomic E-state index is 0.0202. The van der Waals surface area contributed by atoms with E-state index in [4.69, 9.17) is 4.74 Å². The van der Waals surface area contributed by atoms with Crippen LogP contribution in [0.1, 0.15) is 10.4 Å². The molecule has 0 saturated carbocycles. The third-order valence-electron chi connectivity index (χ3n) is 3.53. The summed E-state index contributed by atoms with van der Waals surface area (Å²) in [6, 6.07) is 12.1. The number of phenolic OH excluding ortho intramolecular Hbond substituents is 1. The molecule has 0 radical (unpaired) electrons. The van der Waals surface area contributed by atoms with E-state index in [9.17, 15) is 14.7 Å². The second-order valence-electron chi connectivity index (χ2n) is 5.10. The van der Waals surface area contributed by atoms with Crippen LogP contribution in [0.3, 0.4) is 0 Å². The number of thioether (sulfide) groups is 1. The highest BCUT2D eigenvalue weighted by atomic mass is 79.9. The number of hydrogen-bond acceptors (Lipinski definition) is 5. The molecule has 1 heterocycles. The van der Waals surface area contributed by atoms with Gasteiger partial charge in [-0.2, -0.15) is 0 Å². The van der Waals surface area contributed by atoms with Gasteiger partial charge in [0.05, 0.1) is 5.69 Å². The average molecular weight is 408 g/mol. The molecular weight excluding hydrogens is 394 g/mol. The molecule has 0 atom stereocenters. The van der Waals surface area contributed by atoms with Crippen molar-refractivity contribution in [2.24, 2.45) is 0 Å². The van der Waals surface area contributed by atoms with Crippen molar-refractivity contribution < 1.29 is 19.4 Å². The summed E-state index contributed by atoms with van der Waals surface area (Å²) in [5.74, 6) is -0.411. The number of nitrogens with zero attached hydrogens (tertiary/aromatic N) is 1. The van der Waals surface area contributed by atoms with E-state index in [0.717, 1.165) is 16.3 Å². The first-order chi connectivity index (χ1) is 11.6. The monoisotopic (exact) mass is 407 g/mol.